The fourth-order valence-electron chi connectivity index (χ4n) is 5.04. The van der Waals surface area contributed by atoms with Gasteiger partial charge in [0.25, 0.3) is 0 Å². The van der Waals surface area contributed by atoms with Crippen LogP contribution in [-0.2, 0) is 16.0 Å². The summed E-state index contributed by atoms with van der Waals surface area (Å²) in [5, 5.41) is 1.37. The molecule has 5 nitrogen and oxygen atoms in total. The van der Waals surface area contributed by atoms with Crippen LogP contribution in [0.3, 0.4) is 0 Å². The molecule has 1 saturated heterocycles. The van der Waals surface area contributed by atoms with Gasteiger partial charge in [0.05, 0.1) is 5.92 Å². The molecular formula is C20H25N3O2. The number of ketones is 1. The normalized spacial score (nSPS) is 27.0. The molecule has 4 rings (SSSR count). The van der Waals surface area contributed by atoms with E-state index in [1.807, 2.05) is 0 Å². The summed E-state index contributed by atoms with van der Waals surface area (Å²) in [4.78, 5) is 29.2. The van der Waals surface area contributed by atoms with E-state index in [1.165, 1.54) is 29.0 Å². The highest BCUT2D eigenvalue weighted by Gasteiger charge is 2.40. The monoisotopic (exact) mass is 339 g/mol. The number of aromatic amines is 1. The van der Waals surface area contributed by atoms with Crippen molar-refractivity contribution in [3.05, 3.63) is 35.5 Å². The average molecular weight is 339 g/mol. The van der Waals surface area contributed by atoms with Crippen LogP contribution in [0.2, 0.25) is 0 Å². The number of aromatic nitrogens is 1. The van der Waals surface area contributed by atoms with Gasteiger partial charge in [0, 0.05) is 35.6 Å². The lowest BCUT2D eigenvalue weighted by Crippen LogP contribution is -2.48. The van der Waals surface area contributed by atoms with E-state index in [-0.39, 0.29) is 5.78 Å². The summed E-state index contributed by atoms with van der Waals surface area (Å²) in [6.45, 7) is 2.38. The molecule has 5 heteroatoms. The summed E-state index contributed by atoms with van der Waals surface area (Å²) in [6, 6.07) is 6.97. The number of hydrogen-bond donors (Lipinski definition) is 2. The summed E-state index contributed by atoms with van der Waals surface area (Å²) >= 11 is 0. The van der Waals surface area contributed by atoms with Crippen molar-refractivity contribution < 1.29 is 9.59 Å². The number of nitrogens with one attached hydrogen (secondary N) is 1. The zero-order chi connectivity index (χ0) is 17.7. The first-order valence-electron chi connectivity index (χ1n) is 9.04. The summed E-state index contributed by atoms with van der Waals surface area (Å²) in [5.74, 6) is -0.510. The number of amides is 1. The molecule has 2 aliphatic rings. The Morgan fingerprint density at radius 3 is 2.92 bits per heavy atom. The molecule has 1 aromatic heterocycles. The maximum atomic E-state index is 11.8. The second-order valence-electron chi connectivity index (χ2n) is 7.80. The Labute approximate surface area is 147 Å². The van der Waals surface area contributed by atoms with E-state index >= 15 is 0 Å². The van der Waals surface area contributed by atoms with Crippen LogP contribution in [0.25, 0.3) is 10.9 Å². The summed E-state index contributed by atoms with van der Waals surface area (Å²) in [7, 11) is 2.16. The largest absolute Gasteiger partial charge is 0.369 e. The van der Waals surface area contributed by atoms with Crippen molar-refractivity contribution in [2.24, 2.45) is 17.6 Å². The number of nitrogens with zero attached hydrogens (tertiary/aromatic N) is 1. The van der Waals surface area contributed by atoms with E-state index in [9.17, 15) is 9.59 Å². The number of benzene rings is 1. The highest BCUT2D eigenvalue weighted by Crippen LogP contribution is 2.45. The number of Topliss-reactive ketones (excluding diaryl/α,β-unsaturated/α-hetero) is 1. The van der Waals surface area contributed by atoms with Crippen LogP contribution in [0.4, 0.5) is 0 Å². The Bertz CT molecular complexity index is 827. The van der Waals surface area contributed by atoms with Gasteiger partial charge in [-0.05, 0) is 56.3 Å². The summed E-state index contributed by atoms with van der Waals surface area (Å²) in [5.41, 5.74) is 9.46. The second-order valence-corrected chi connectivity index (χ2v) is 7.80. The smallest absolute Gasteiger partial charge is 0.227 e. The quantitative estimate of drug-likeness (QED) is 0.838. The van der Waals surface area contributed by atoms with Gasteiger partial charge in [-0.2, -0.15) is 0 Å². The molecule has 1 aromatic carbocycles. The molecule has 1 unspecified atom stereocenters. The Hall–Kier alpha value is -2.14. The van der Waals surface area contributed by atoms with Crippen LogP contribution in [0.5, 0.6) is 0 Å². The molecule has 2 aromatic rings. The molecule has 2 heterocycles. The standard InChI is InChI=1S/C20H25N3O2/c1-11(24)15(20(21)25)6-12-7-16-14-4-3-5-17-19(14)13(9-22-17)8-18(16)23(2)10-12/h3-5,9,12,15-16,18,22H,6-8,10H2,1-2H3,(H2,21,25)/t12-,15?,16-,18-/m1/s1. The lowest BCUT2D eigenvalue weighted by atomic mass is 9.71. The van der Waals surface area contributed by atoms with Gasteiger partial charge in [-0.25, -0.2) is 0 Å². The first-order chi connectivity index (χ1) is 12.0. The fraction of sp³-hybridized carbons (Fsp3) is 0.500. The van der Waals surface area contributed by atoms with Crippen molar-refractivity contribution in [2.75, 3.05) is 13.6 Å². The number of likely N-dealkylation sites (N-methyl/N-ethyl adjacent to an activating group) is 1. The van der Waals surface area contributed by atoms with E-state index in [4.69, 9.17) is 5.73 Å². The summed E-state index contributed by atoms with van der Waals surface area (Å²) < 4.78 is 0. The number of fused-ring (bicyclic) bond motifs is 2. The van der Waals surface area contributed by atoms with E-state index < -0.39 is 11.8 Å². The third kappa shape index (κ3) is 2.67. The fourth-order valence-corrected chi connectivity index (χ4v) is 5.04. The third-order valence-electron chi connectivity index (χ3n) is 6.22. The van der Waals surface area contributed by atoms with Crippen molar-refractivity contribution in [3.8, 4) is 0 Å². The van der Waals surface area contributed by atoms with Crippen molar-refractivity contribution in [3.63, 3.8) is 0 Å². The Morgan fingerprint density at radius 1 is 1.40 bits per heavy atom. The lowest BCUT2D eigenvalue weighted by molar-refractivity contribution is -0.132. The zero-order valence-electron chi connectivity index (χ0n) is 14.8. The number of likely N-dealkylation sites (tertiary alicyclic amines) is 1. The van der Waals surface area contributed by atoms with Gasteiger partial charge in [0.1, 0.15) is 5.78 Å². The minimum atomic E-state index is -0.655. The minimum Gasteiger partial charge on any atom is -0.369 e. The first-order valence-corrected chi connectivity index (χ1v) is 9.04. The van der Waals surface area contributed by atoms with E-state index in [0.29, 0.717) is 24.3 Å². The molecule has 0 saturated carbocycles. The number of carbonyl (C=O) groups excluding carboxylic acids is 2. The van der Waals surface area contributed by atoms with Gasteiger partial charge in [-0.15, -0.1) is 0 Å². The molecule has 0 bridgehead atoms. The Balaban J connectivity index is 1.65. The van der Waals surface area contributed by atoms with E-state index in [1.54, 1.807) is 0 Å². The maximum Gasteiger partial charge on any atom is 0.227 e. The predicted molar refractivity (Wildman–Crippen MR) is 97.3 cm³/mol. The highest BCUT2D eigenvalue weighted by atomic mass is 16.2. The number of piperidine rings is 1. The number of hydrogen-bond acceptors (Lipinski definition) is 3. The molecule has 1 fully saturated rings. The van der Waals surface area contributed by atoms with Gasteiger partial charge in [0.2, 0.25) is 5.91 Å². The first kappa shape index (κ1) is 16.3. The number of nitrogens with two attached hydrogens (primary N) is 1. The molecule has 132 valence electrons. The Kier molecular flexibility index (Phi) is 3.91. The topological polar surface area (TPSA) is 79.2 Å². The highest BCUT2D eigenvalue weighted by molar-refractivity contribution is 5.99. The van der Waals surface area contributed by atoms with Crippen molar-refractivity contribution in [1.82, 2.24) is 9.88 Å². The van der Waals surface area contributed by atoms with Crippen LogP contribution < -0.4 is 5.73 Å². The molecular weight excluding hydrogens is 314 g/mol. The van der Waals surface area contributed by atoms with Crippen LogP contribution in [0, 0.1) is 11.8 Å². The van der Waals surface area contributed by atoms with Gasteiger partial charge in [-0.3, -0.25) is 9.59 Å². The van der Waals surface area contributed by atoms with Gasteiger partial charge in [-0.1, -0.05) is 12.1 Å². The SMILES string of the molecule is CC(=O)C(C[C@@H]1C[C@@H]2c3cccc4[nH]cc(c34)C[C@H]2N(C)C1)C(N)=O. The molecule has 0 spiro atoms. The van der Waals surface area contributed by atoms with E-state index in [2.05, 4.69) is 41.3 Å². The molecule has 1 amide bonds. The molecule has 1 aliphatic carbocycles. The van der Waals surface area contributed by atoms with Crippen LogP contribution >= 0.6 is 0 Å². The maximum absolute atomic E-state index is 11.8. The number of rotatable bonds is 4. The molecule has 1 aliphatic heterocycles. The Morgan fingerprint density at radius 2 is 2.20 bits per heavy atom. The zero-order valence-corrected chi connectivity index (χ0v) is 14.8. The predicted octanol–water partition coefficient (Wildman–Crippen LogP) is 2.21. The molecule has 25 heavy (non-hydrogen) atoms. The number of H-pyrrole nitrogens is 1. The molecule has 3 N–H and O–H groups in total. The van der Waals surface area contributed by atoms with E-state index in [0.717, 1.165) is 19.4 Å². The lowest BCUT2D eigenvalue weighted by Gasteiger charge is -2.46. The molecule has 4 atom stereocenters. The van der Waals surface area contributed by atoms with Gasteiger partial charge < -0.3 is 15.6 Å². The van der Waals surface area contributed by atoms with Crippen LogP contribution in [0.15, 0.2) is 24.4 Å². The van der Waals surface area contributed by atoms with Crippen LogP contribution in [0.1, 0.15) is 36.8 Å². The summed E-state index contributed by atoms with van der Waals surface area (Å²) in [6.07, 6.45) is 4.77. The van der Waals surface area contributed by atoms with Crippen molar-refractivity contribution >= 4 is 22.6 Å². The average Bonchev–Trinajstić information content (AvgIpc) is 2.98. The molecule has 0 radical (unpaired) electrons. The third-order valence-corrected chi connectivity index (χ3v) is 6.22. The van der Waals surface area contributed by atoms with Crippen LogP contribution in [-0.4, -0.2) is 41.2 Å². The minimum absolute atomic E-state index is 0.115. The number of carbonyl (C=O) groups is 2. The van der Waals surface area contributed by atoms with Gasteiger partial charge >= 0.3 is 0 Å². The second kappa shape index (κ2) is 5.99. The van der Waals surface area contributed by atoms with Gasteiger partial charge in [0.15, 0.2) is 0 Å². The number of primary amides is 1. The van der Waals surface area contributed by atoms with Crippen molar-refractivity contribution in [2.45, 2.75) is 38.1 Å². The van der Waals surface area contributed by atoms with Crippen molar-refractivity contribution in [1.29, 1.82) is 0 Å².